The molecule has 0 aliphatic rings. The Morgan fingerprint density at radius 2 is 2.29 bits per heavy atom. The lowest BCUT2D eigenvalue weighted by Crippen LogP contribution is -2.17. The van der Waals surface area contributed by atoms with Crippen molar-refractivity contribution in [1.29, 1.82) is 0 Å². The normalized spacial score (nSPS) is 10.2. The number of anilines is 2. The summed E-state index contributed by atoms with van der Waals surface area (Å²) >= 11 is 0. The molecule has 17 heavy (non-hydrogen) atoms. The van der Waals surface area contributed by atoms with Crippen LogP contribution in [0.1, 0.15) is 16.1 Å². The van der Waals surface area contributed by atoms with Crippen molar-refractivity contribution in [3.63, 3.8) is 0 Å². The molecule has 0 saturated heterocycles. The maximum Gasteiger partial charge on any atom is 0.275 e. The highest BCUT2D eigenvalue weighted by molar-refractivity contribution is 6.02. The van der Waals surface area contributed by atoms with Gasteiger partial charge in [-0.15, -0.1) is 0 Å². The second kappa shape index (κ2) is 4.25. The molecule has 0 atom stereocenters. The molecule has 0 bridgehead atoms. The number of amides is 1. The first-order valence-electron chi connectivity index (χ1n) is 5.09. The van der Waals surface area contributed by atoms with Crippen molar-refractivity contribution in [2.24, 2.45) is 7.05 Å². The van der Waals surface area contributed by atoms with Crippen LogP contribution in [0.4, 0.5) is 11.5 Å². The third-order valence-electron chi connectivity index (χ3n) is 2.45. The van der Waals surface area contributed by atoms with Crippen molar-refractivity contribution in [3.05, 3.63) is 35.8 Å². The molecule has 0 aliphatic carbocycles. The number of carbonyl (C=O) groups excluding carboxylic acids is 1. The fourth-order valence-electron chi connectivity index (χ4n) is 1.41. The van der Waals surface area contributed by atoms with Gasteiger partial charge in [0.1, 0.15) is 11.5 Å². The molecule has 0 fully saturated rings. The van der Waals surface area contributed by atoms with Crippen LogP contribution in [-0.2, 0) is 7.05 Å². The first kappa shape index (κ1) is 11.1. The Hall–Kier alpha value is -2.37. The van der Waals surface area contributed by atoms with Gasteiger partial charge >= 0.3 is 0 Å². The number of nitrogens with two attached hydrogens (primary N) is 1. The monoisotopic (exact) mass is 231 g/mol. The molecule has 0 aromatic carbocycles. The van der Waals surface area contributed by atoms with Crippen LogP contribution in [0.25, 0.3) is 0 Å². The topological polar surface area (TPSA) is 85.8 Å². The van der Waals surface area contributed by atoms with Gasteiger partial charge in [-0.2, -0.15) is 5.10 Å². The predicted octanol–water partition coefficient (Wildman–Crippen LogP) is 0.958. The molecule has 6 heteroatoms. The molecule has 2 aromatic heterocycles. The highest BCUT2D eigenvalue weighted by atomic mass is 16.2. The number of hydrogen-bond donors (Lipinski definition) is 2. The molecular weight excluding hydrogens is 218 g/mol. The molecule has 0 spiro atoms. The largest absolute Gasteiger partial charge is 0.397 e. The molecule has 2 heterocycles. The summed E-state index contributed by atoms with van der Waals surface area (Å²) in [4.78, 5) is 15.9. The van der Waals surface area contributed by atoms with Crippen LogP contribution in [0.5, 0.6) is 0 Å². The quantitative estimate of drug-likeness (QED) is 0.806. The van der Waals surface area contributed by atoms with E-state index in [2.05, 4.69) is 15.4 Å². The lowest BCUT2D eigenvalue weighted by Gasteiger charge is -2.06. The van der Waals surface area contributed by atoms with Gasteiger partial charge in [-0.25, -0.2) is 4.98 Å². The van der Waals surface area contributed by atoms with Gasteiger partial charge in [0.15, 0.2) is 0 Å². The summed E-state index contributed by atoms with van der Waals surface area (Å²) in [5.74, 6) is 0.226. The minimum Gasteiger partial charge on any atom is -0.397 e. The van der Waals surface area contributed by atoms with Gasteiger partial charge in [0.05, 0.1) is 11.9 Å². The first-order chi connectivity index (χ1) is 8.08. The fourth-order valence-corrected chi connectivity index (χ4v) is 1.41. The zero-order valence-corrected chi connectivity index (χ0v) is 9.64. The van der Waals surface area contributed by atoms with E-state index in [1.807, 2.05) is 6.92 Å². The number of pyridine rings is 1. The Morgan fingerprint density at radius 1 is 1.53 bits per heavy atom. The number of nitrogens with zero attached hydrogens (tertiary/aromatic N) is 3. The maximum atomic E-state index is 11.8. The molecule has 88 valence electrons. The van der Waals surface area contributed by atoms with Crippen LogP contribution in [0.3, 0.4) is 0 Å². The summed E-state index contributed by atoms with van der Waals surface area (Å²) in [6.07, 6.45) is 3.09. The second-order valence-electron chi connectivity index (χ2n) is 3.72. The van der Waals surface area contributed by atoms with Gasteiger partial charge in [0, 0.05) is 13.2 Å². The van der Waals surface area contributed by atoms with Crippen molar-refractivity contribution < 1.29 is 4.79 Å². The van der Waals surface area contributed by atoms with E-state index >= 15 is 0 Å². The van der Waals surface area contributed by atoms with Crippen molar-refractivity contribution in [2.45, 2.75) is 6.92 Å². The molecule has 0 radical (unpaired) electrons. The van der Waals surface area contributed by atoms with Gasteiger partial charge in [-0.3, -0.25) is 9.48 Å². The Balaban J connectivity index is 2.19. The van der Waals surface area contributed by atoms with Crippen molar-refractivity contribution >= 4 is 17.4 Å². The average Bonchev–Trinajstić information content (AvgIpc) is 2.70. The van der Waals surface area contributed by atoms with Crippen molar-refractivity contribution in [2.75, 3.05) is 11.1 Å². The number of rotatable bonds is 2. The van der Waals surface area contributed by atoms with E-state index in [4.69, 9.17) is 5.73 Å². The third kappa shape index (κ3) is 2.25. The van der Waals surface area contributed by atoms with Gasteiger partial charge in [0.25, 0.3) is 5.91 Å². The number of hydrogen-bond acceptors (Lipinski definition) is 4. The van der Waals surface area contributed by atoms with Crippen molar-refractivity contribution in [3.8, 4) is 0 Å². The van der Waals surface area contributed by atoms with E-state index < -0.39 is 0 Å². The lowest BCUT2D eigenvalue weighted by molar-refractivity contribution is 0.101. The Bertz CT molecular complexity index is 561. The number of aryl methyl sites for hydroxylation is 2. The highest BCUT2D eigenvalue weighted by Gasteiger charge is 2.10. The molecule has 0 saturated carbocycles. The Kier molecular flexibility index (Phi) is 2.78. The van der Waals surface area contributed by atoms with E-state index in [-0.39, 0.29) is 5.91 Å². The summed E-state index contributed by atoms with van der Waals surface area (Å²) in [7, 11) is 1.70. The van der Waals surface area contributed by atoms with Crippen LogP contribution < -0.4 is 11.1 Å². The van der Waals surface area contributed by atoms with E-state index in [1.54, 1.807) is 25.4 Å². The van der Waals surface area contributed by atoms with Crippen LogP contribution in [0.15, 0.2) is 24.5 Å². The molecule has 0 unspecified atom stereocenters. The molecule has 0 aliphatic heterocycles. The molecule has 6 nitrogen and oxygen atoms in total. The van der Waals surface area contributed by atoms with Gasteiger partial charge in [-0.05, 0) is 24.6 Å². The van der Waals surface area contributed by atoms with Gasteiger partial charge < -0.3 is 11.1 Å². The zero-order valence-electron chi connectivity index (χ0n) is 9.64. The standard InChI is InChI=1S/C11H13N5O/c1-7-5-10(13-6-8(7)12)15-11(17)9-3-4-14-16(9)2/h3-6H,12H2,1-2H3,(H,13,15,17). The smallest absolute Gasteiger partial charge is 0.275 e. The van der Waals surface area contributed by atoms with E-state index in [0.29, 0.717) is 17.2 Å². The van der Waals surface area contributed by atoms with Crippen LogP contribution >= 0.6 is 0 Å². The molecule has 1 amide bonds. The molecule has 3 N–H and O–H groups in total. The minimum atomic E-state index is -0.248. The number of nitrogens with one attached hydrogen (secondary N) is 1. The second-order valence-corrected chi connectivity index (χ2v) is 3.72. The van der Waals surface area contributed by atoms with Crippen LogP contribution in [0, 0.1) is 6.92 Å². The summed E-state index contributed by atoms with van der Waals surface area (Å²) in [6.45, 7) is 1.86. The van der Waals surface area contributed by atoms with Gasteiger partial charge in [0.2, 0.25) is 0 Å². The van der Waals surface area contributed by atoms with Gasteiger partial charge in [-0.1, -0.05) is 0 Å². The van der Waals surface area contributed by atoms with Crippen LogP contribution in [0.2, 0.25) is 0 Å². The highest BCUT2D eigenvalue weighted by Crippen LogP contribution is 2.13. The average molecular weight is 231 g/mol. The molecule has 2 aromatic rings. The summed E-state index contributed by atoms with van der Waals surface area (Å²) in [5, 5.41) is 6.61. The summed E-state index contributed by atoms with van der Waals surface area (Å²) in [6, 6.07) is 3.36. The fraction of sp³-hybridized carbons (Fsp3) is 0.182. The predicted molar refractivity (Wildman–Crippen MR) is 64.5 cm³/mol. The summed E-state index contributed by atoms with van der Waals surface area (Å²) < 4.78 is 1.50. The zero-order chi connectivity index (χ0) is 12.4. The first-order valence-corrected chi connectivity index (χ1v) is 5.09. The Labute approximate surface area is 98.5 Å². The third-order valence-corrected chi connectivity index (χ3v) is 2.45. The van der Waals surface area contributed by atoms with E-state index in [9.17, 15) is 4.79 Å². The van der Waals surface area contributed by atoms with Crippen LogP contribution in [-0.4, -0.2) is 20.7 Å². The molecule has 2 rings (SSSR count). The number of carbonyl (C=O) groups is 1. The Morgan fingerprint density at radius 3 is 2.88 bits per heavy atom. The SMILES string of the molecule is Cc1cc(NC(=O)c2ccnn2C)ncc1N. The molecular formula is C11H13N5O. The number of aromatic nitrogens is 3. The minimum absolute atomic E-state index is 0.248. The van der Waals surface area contributed by atoms with Crippen molar-refractivity contribution in [1.82, 2.24) is 14.8 Å². The summed E-state index contributed by atoms with van der Waals surface area (Å²) in [5.41, 5.74) is 7.60. The van der Waals surface area contributed by atoms with E-state index in [0.717, 1.165) is 5.56 Å². The number of nitrogen functional groups attached to an aromatic ring is 1. The maximum absolute atomic E-state index is 11.8. The lowest BCUT2D eigenvalue weighted by atomic mass is 10.2. The van der Waals surface area contributed by atoms with E-state index in [1.165, 1.54) is 10.9 Å².